The maximum atomic E-state index is 10.9. The van der Waals surface area contributed by atoms with Gasteiger partial charge in [-0.15, -0.1) is 0 Å². The van der Waals surface area contributed by atoms with E-state index < -0.39 is 21.6 Å². The molecule has 0 heterocycles. The first kappa shape index (κ1) is 11.3. The Morgan fingerprint density at radius 3 is 2.64 bits per heavy atom. The summed E-state index contributed by atoms with van der Waals surface area (Å²) in [5.74, 6) is 0.0342. The van der Waals surface area contributed by atoms with Gasteiger partial charge < -0.3 is 0 Å². The van der Waals surface area contributed by atoms with E-state index >= 15 is 0 Å². The van der Waals surface area contributed by atoms with Gasteiger partial charge in [0.1, 0.15) is 0 Å². The van der Waals surface area contributed by atoms with Crippen LogP contribution in [-0.2, 0) is 7.87 Å². The van der Waals surface area contributed by atoms with E-state index in [-0.39, 0.29) is 5.97 Å². The SMILES string of the molecule is CCCCCC(=O)[O][Sn][CH2]C. The standard InChI is InChI=1S/C6H12O2.C2H5.Sn/c1-2-3-4-5-6(7)8;1-2;/h2-5H2,1H3,(H,7,8);1H2,2H3;/q;;+1/p-1. The van der Waals surface area contributed by atoms with Crippen molar-refractivity contribution in [2.75, 3.05) is 0 Å². The van der Waals surface area contributed by atoms with E-state index in [0.717, 1.165) is 17.3 Å². The first-order valence-corrected chi connectivity index (χ1v) is 7.42. The molecule has 2 radical (unpaired) electrons. The minimum atomic E-state index is -0.752. The van der Waals surface area contributed by atoms with Crippen molar-refractivity contribution >= 4 is 27.5 Å². The predicted molar refractivity (Wildman–Crippen MR) is 46.5 cm³/mol. The second-order valence-corrected chi connectivity index (χ2v) is 5.85. The van der Waals surface area contributed by atoms with Gasteiger partial charge in [0.15, 0.2) is 0 Å². The summed E-state index contributed by atoms with van der Waals surface area (Å²) < 4.78 is 6.15. The first-order chi connectivity index (χ1) is 5.31. The van der Waals surface area contributed by atoms with Gasteiger partial charge in [-0.2, -0.15) is 0 Å². The number of rotatable bonds is 6. The topological polar surface area (TPSA) is 26.3 Å². The molecule has 0 spiro atoms. The summed E-state index contributed by atoms with van der Waals surface area (Å²) in [6.45, 7) is 4.21. The van der Waals surface area contributed by atoms with Crippen LogP contribution >= 0.6 is 0 Å². The zero-order chi connectivity index (χ0) is 8.53. The van der Waals surface area contributed by atoms with Crippen molar-refractivity contribution in [3.8, 4) is 0 Å². The summed E-state index contributed by atoms with van der Waals surface area (Å²) in [6.07, 6.45) is 3.94. The number of unbranched alkanes of at least 4 members (excludes halogenated alkanes) is 2. The third kappa shape index (κ3) is 8.17. The van der Waals surface area contributed by atoms with E-state index in [9.17, 15) is 4.79 Å². The van der Waals surface area contributed by atoms with E-state index in [1.54, 1.807) is 0 Å². The van der Waals surface area contributed by atoms with Crippen LogP contribution in [0.3, 0.4) is 0 Å². The molecule has 0 aromatic rings. The molecule has 0 aliphatic heterocycles. The van der Waals surface area contributed by atoms with Crippen molar-refractivity contribution in [1.82, 2.24) is 0 Å². The molecule has 0 aromatic heterocycles. The number of carbonyl (C=O) groups excluding carboxylic acids is 1. The van der Waals surface area contributed by atoms with Gasteiger partial charge in [-0.3, -0.25) is 0 Å². The van der Waals surface area contributed by atoms with Crippen LogP contribution < -0.4 is 0 Å². The summed E-state index contributed by atoms with van der Waals surface area (Å²) >= 11 is -0.752. The molecule has 64 valence electrons. The van der Waals surface area contributed by atoms with Crippen LogP contribution in [0.15, 0.2) is 0 Å². The van der Waals surface area contributed by atoms with Crippen LogP contribution in [0.1, 0.15) is 39.5 Å². The van der Waals surface area contributed by atoms with Gasteiger partial charge in [-0.25, -0.2) is 0 Å². The summed E-state index contributed by atoms with van der Waals surface area (Å²) in [4.78, 5) is 10.9. The van der Waals surface area contributed by atoms with E-state index in [2.05, 4.69) is 13.8 Å². The van der Waals surface area contributed by atoms with E-state index in [1.165, 1.54) is 6.42 Å². The van der Waals surface area contributed by atoms with E-state index in [4.69, 9.17) is 3.07 Å². The molecule has 0 amide bonds. The molecule has 0 aliphatic rings. The molecule has 0 fully saturated rings. The van der Waals surface area contributed by atoms with Crippen molar-refractivity contribution in [3.63, 3.8) is 0 Å². The van der Waals surface area contributed by atoms with Crippen molar-refractivity contribution < 1.29 is 7.87 Å². The van der Waals surface area contributed by atoms with Gasteiger partial charge >= 0.3 is 79.4 Å². The van der Waals surface area contributed by atoms with Crippen molar-refractivity contribution in [2.45, 2.75) is 44.0 Å². The number of hydrogen-bond acceptors (Lipinski definition) is 2. The second-order valence-electron chi connectivity index (χ2n) is 2.43. The Labute approximate surface area is 79.5 Å². The zero-order valence-corrected chi connectivity index (χ0v) is 10.2. The molecule has 0 saturated carbocycles. The van der Waals surface area contributed by atoms with Crippen LogP contribution in [0.5, 0.6) is 0 Å². The van der Waals surface area contributed by atoms with Gasteiger partial charge in [-0.05, 0) is 0 Å². The molecule has 0 saturated heterocycles. The Hall–Kier alpha value is 0.269. The molecule has 0 aromatic carbocycles. The monoisotopic (exact) mass is 264 g/mol. The quantitative estimate of drug-likeness (QED) is 0.542. The molecule has 0 N–H and O–H groups in total. The molecule has 2 nitrogen and oxygen atoms in total. The summed E-state index contributed by atoms with van der Waals surface area (Å²) in [5, 5.41) is 0. The van der Waals surface area contributed by atoms with Crippen molar-refractivity contribution in [2.24, 2.45) is 0 Å². The van der Waals surface area contributed by atoms with Gasteiger partial charge in [0.25, 0.3) is 0 Å². The Bertz CT molecular complexity index is 104. The Kier molecular flexibility index (Phi) is 8.57. The molecule has 0 unspecified atom stereocenters. The number of hydrogen-bond donors (Lipinski definition) is 0. The molecule has 0 aliphatic carbocycles. The first-order valence-electron chi connectivity index (χ1n) is 4.23. The Morgan fingerprint density at radius 1 is 1.36 bits per heavy atom. The molecule has 11 heavy (non-hydrogen) atoms. The van der Waals surface area contributed by atoms with Gasteiger partial charge in [0.2, 0.25) is 0 Å². The summed E-state index contributed by atoms with van der Waals surface area (Å²) in [6, 6.07) is 0. The predicted octanol–water partition coefficient (Wildman–Crippen LogP) is 2.17. The van der Waals surface area contributed by atoms with Gasteiger partial charge in [-0.1, -0.05) is 0 Å². The fourth-order valence-corrected chi connectivity index (χ4v) is 1.89. The normalized spacial score (nSPS) is 9.64. The molecular weight excluding hydrogens is 247 g/mol. The van der Waals surface area contributed by atoms with Crippen molar-refractivity contribution in [3.05, 3.63) is 0 Å². The summed E-state index contributed by atoms with van der Waals surface area (Å²) in [5.41, 5.74) is 0. The van der Waals surface area contributed by atoms with Crippen LogP contribution in [-0.4, -0.2) is 27.5 Å². The van der Waals surface area contributed by atoms with Gasteiger partial charge in [0, 0.05) is 0 Å². The molecular formula is C8H16O2Sn. The molecule has 3 heteroatoms. The average molecular weight is 263 g/mol. The third-order valence-corrected chi connectivity index (χ3v) is 3.20. The summed E-state index contributed by atoms with van der Waals surface area (Å²) in [7, 11) is 0. The van der Waals surface area contributed by atoms with E-state index in [0.29, 0.717) is 6.42 Å². The van der Waals surface area contributed by atoms with Crippen LogP contribution in [0.2, 0.25) is 4.44 Å². The second kappa shape index (κ2) is 8.37. The van der Waals surface area contributed by atoms with Gasteiger partial charge in [0.05, 0.1) is 0 Å². The fourth-order valence-electron chi connectivity index (χ4n) is 0.723. The number of carbonyl (C=O) groups is 1. The minimum absolute atomic E-state index is 0.0342. The zero-order valence-electron chi connectivity index (χ0n) is 7.35. The van der Waals surface area contributed by atoms with Crippen LogP contribution in [0, 0.1) is 0 Å². The van der Waals surface area contributed by atoms with Crippen molar-refractivity contribution in [1.29, 1.82) is 0 Å². The third-order valence-electron chi connectivity index (χ3n) is 1.31. The average Bonchev–Trinajstić information content (AvgIpc) is 2.01. The Morgan fingerprint density at radius 2 is 2.09 bits per heavy atom. The maximum absolute atomic E-state index is 10.9. The Balaban J connectivity index is 3.09. The molecule has 0 atom stereocenters. The molecule has 0 bridgehead atoms. The molecule has 0 rings (SSSR count). The fraction of sp³-hybridized carbons (Fsp3) is 0.875. The van der Waals surface area contributed by atoms with Crippen LogP contribution in [0.4, 0.5) is 0 Å². The van der Waals surface area contributed by atoms with E-state index in [1.807, 2.05) is 0 Å². The van der Waals surface area contributed by atoms with Crippen LogP contribution in [0.25, 0.3) is 0 Å².